The number of aromatic carboxylic acids is 1. The zero-order valence-corrected chi connectivity index (χ0v) is 12.1. The Hall–Kier alpha value is -1.40. The molecular formula is C13H23N3O3. The first-order valence-corrected chi connectivity index (χ1v) is 6.41. The molecule has 1 rings (SSSR count). The van der Waals surface area contributed by atoms with E-state index in [2.05, 4.69) is 23.8 Å². The van der Waals surface area contributed by atoms with Crippen LogP contribution in [-0.2, 0) is 18.3 Å². The van der Waals surface area contributed by atoms with Crippen molar-refractivity contribution in [1.29, 1.82) is 0 Å². The molecule has 6 nitrogen and oxygen atoms in total. The lowest BCUT2D eigenvalue weighted by atomic mass is 10.2. The molecule has 0 amide bonds. The normalized spacial score (nSPS) is 11.5. The van der Waals surface area contributed by atoms with E-state index >= 15 is 0 Å². The summed E-state index contributed by atoms with van der Waals surface area (Å²) in [6.07, 6.45) is 1.40. The molecule has 0 aliphatic heterocycles. The summed E-state index contributed by atoms with van der Waals surface area (Å²) in [6, 6.07) is 0. The van der Waals surface area contributed by atoms with Gasteiger partial charge in [0.05, 0.1) is 18.5 Å². The lowest BCUT2D eigenvalue weighted by Crippen LogP contribution is -2.32. The zero-order chi connectivity index (χ0) is 14.4. The Morgan fingerprint density at radius 2 is 2.26 bits per heavy atom. The molecule has 19 heavy (non-hydrogen) atoms. The van der Waals surface area contributed by atoms with Gasteiger partial charge in [0.25, 0.3) is 0 Å². The smallest absolute Gasteiger partial charge is 0.339 e. The van der Waals surface area contributed by atoms with E-state index in [0.29, 0.717) is 19.1 Å². The molecule has 1 aromatic heterocycles. The van der Waals surface area contributed by atoms with Gasteiger partial charge in [0.1, 0.15) is 5.56 Å². The number of hydrogen-bond acceptors (Lipinski definition) is 4. The highest BCUT2D eigenvalue weighted by Crippen LogP contribution is 2.12. The van der Waals surface area contributed by atoms with Crippen LogP contribution in [0.5, 0.6) is 0 Å². The number of ether oxygens (including phenoxy) is 1. The number of carboxylic acids is 1. The van der Waals surface area contributed by atoms with Gasteiger partial charge in [0.2, 0.25) is 0 Å². The van der Waals surface area contributed by atoms with Crippen molar-refractivity contribution >= 4 is 5.97 Å². The van der Waals surface area contributed by atoms with Crippen molar-refractivity contribution in [2.24, 2.45) is 13.0 Å². The molecule has 0 spiro atoms. The Balaban J connectivity index is 2.82. The standard InChI is InChI=1S/C13H23N3O3/c1-10(2)8-16(5-6-19-4)9-12-11(13(17)18)7-14-15(12)3/h7,10H,5-6,8-9H2,1-4H3,(H,17,18). The van der Waals surface area contributed by atoms with Crippen LogP contribution in [0.3, 0.4) is 0 Å². The molecule has 1 heterocycles. The lowest BCUT2D eigenvalue weighted by Gasteiger charge is -2.24. The monoisotopic (exact) mass is 269 g/mol. The Morgan fingerprint density at radius 1 is 1.58 bits per heavy atom. The largest absolute Gasteiger partial charge is 0.478 e. The van der Waals surface area contributed by atoms with E-state index in [4.69, 9.17) is 9.84 Å². The summed E-state index contributed by atoms with van der Waals surface area (Å²) >= 11 is 0. The number of hydrogen-bond donors (Lipinski definition) is 1. The van der Waals surface area contributed by atoms with Crippen LogP contribution in [0.15, 0.2) is 6.20 Å². The highest BCUT2D eigenvalue weighted by Gasteiger charge is 2.18. The molecule has 108 valence electrons. The van der Waals surface area contributed by atoms with Gasteiger partial charge in [-0.15, -0.1) is 0 Å². The molecule has 0 aliphatic rings. The van der Waals surface area contributed by atoms with Gasteiger partial charge < -0.3 is 9.84 Å². The molecule has 0 saturated heterocycles. The Labute approximate surface area is 114 Å². The second kappa shape index (κ2) is 7.25. The number of aryl methyl sites for hydroxylation is 1. The maximum Gasteiger partial charge on any atom is 0.339 e. The fourth-order valence-electron chi connectivity index (χ4n) is 2.01. The Kier molecular flexibility index (Phi) is 5.98. The summed E-state index contributed by atoms with van der Waals surface area (Å²) in [4.78, 5) is 13.3. The van der Waals surface area contributed by atoms with Crippen molar-refractivity contribution in [3.05, 3.63) is 17.5 Å². The predicted octanol–water partition coefficient (Wildman–Crippen LogP) is 1.22. The molecule has 0 radical (unpaired) electrons. The molecule has 0 fully saturated rings. The minimum Gasteiger partial charge on any atom is -0.478 e. The number of aromatic nitrogens is 2. The van der Waals surface area contributed by atoms with Crippen LogP contribution in [0.4, 0.5) is 0 Å². The second-order valence-electron chi connectivity index (χ2n) is 5.06. The molecule has 0 unspecified atom stereocenters. The van der Waals surface area contributed by atoms with Gasteiger partial charge >= 0.3 is 5.97 Å². The summed E-state index contributed by atoms with van der Waals surface area (Å²) < 4.78 is 6.73. The minimum absolute atomic E-state index is 0.272. The van der Waals surface area contributed by atoms with Crippen LogP contribution >= 0.6 is 0 Å². The van der Waals surface area contributed by atoms with E-state index in [9.17, 15) is 4.79 Å². The summed E-state index contributed by atoms with van der Waals surface area (Å²) in [5.74, 6) is -0.419. The van der Waals surface area contributed by atoms with E-state index in [1.807, 2.05) is 0 Å². The first kappa shape index (κ1) is 15.7. The fourth-order valence-corrected chi connectivity index (χ4v) is 2.01. The molecule has 1 N–H and O–H groups in total. The number of carbonyl (C=O) groups is 1. The first-order chi connectivity index (χ1) is 8.95. The van der Waals surface area contributed by atoms with Gasteiger partial charge in [-0.3, -0.25) is 9.58 Å². The average Bonchev–Trinajstić information content (AvgIpc) is 2.67. The highest BCUT2D eigenvalue weighted by molar-refractivity contribution is 5.88. The fraction of sp³-hybridized carbons (Fsp3) is 0.692. The molecule has 0 saturated carbocycles. The average molecular weight is 269 g/mol. The number of rotatable bonds is 8. The topological polar surface area (TPSA) is 67.6 Å². The summed E-state index contributed by atoms with van der Waals surface area (Å²) in [6.45, 7) is 7.15. The van der Waals surface area contributed by atoms with E-state index in [1.165, 1.54) is 6.20 Å². The van der Waals surface area contributed by atoms with Crippen LogP contribution in [0, 0.1) is 5.92 Å². The van der Waals surface area contributed by atoms with Crippen LogP contribution in [0.2, 0.25) is 0 Å². The van der Waals surface area contributed by atoms with Crippen molar-refractivity contribution in [1.82, 2.24) is 14.7 Å². The molecule has 6 heteroatoms. The van der Waals surface area contributed by atoms with Gasteiger partial charge in [-0.25, -0.2) is 4.79 Å². The van der Waals surface area contributed by atoms with Crippen molar-refractivity contribution < 1.29 is 14.6 Å². The van der Waals surface area contributed by atoms with Crippen molar-refractivity contribution in [2.45, 2.75) is 20.4 Å². The quantitative estimate of drug-likeness (QED) is 0.768. The van der Waals surface area contributed by atoms with Crippen molar-refractivity contribution in [2.75, 3.05) is 26.8 Å². The van der Waals surface area contributed by atoms with E-state index in [-0.39, 0.29) is 5.56 Å². The summed E-state index contributed by atoms with van der Waals surface area (Å²) in [7, 11) is 3.44. The van der Waals surface area contributed by atoms with Crippen LogP contribution in [0.1, 0.15) is 29.9 Å². The first-order valence-electron chi connectivity index (χ1n) is 6.41. The molecule has 0 atom stereocenters. The summed E-state index contributed by atoms with van der Waals surface area (Å²) in [5.41, 5.74) is 0.998. The maximum absolute atomic E-state index is 11.2. The molecule has 0 aromatic carbocycles. The van der Waals surface area contributed by atoms with E-state index in [0.717, 1.165) is 18.8 Å². The van der Waals surface area contributed by atoms with E-state index < -0.39 is 5.97 Å². The third-order valence-corrected chi connectivity index (χ3v) is 2.90. The third kappa shape index (κ3) is 4.65. The number of nitrogens with zero attached hydrogens (tertiary/aromatic N) is 3. The van der Waals surface area contributed by atoms with Crippen LogP contribution in [0.25, 0.3) is 0 Å². The Bertz CT molecular complexity index is 415. The molecule has 0 aliphatic carbocycles. The van der Waals surface area contributed by atoms with Gasteiger partial charge in [0.15, 0.2) is 0 Å². The summed E-state index contributed by atoms with van der Waals surface area (Å²) in [5, 5.41) is 13.2. The second-order valence-corrected chi connectivity index (χ2v) is 5.06. The van der Waals surface area contributed by atoms with Gasteiger partial charge in [-0.05, 0) is 5.92 Å². The van der Waals surface area contributed by atoms with Crippen molar-refractivity contribution in [3.8, 4) is 0 Å². The predicted molar refractivity (Wildman–Crippen MR) is 72.2 cm³/mol. The Morgan fingerprint density at radius 3 is 2.79 bits per heavy atom. The number of carboxylic acid groups (broad SMARTS) is 1. The van der Waals surface area contributed by atoms with Gasteiger partial charge in [0, 0.05) is 33.8 Å². The van der Waals surface area contributed by atoms with E-state index in [1.54, 1.807) is 18.8 Å². The third-order valence-electron chi connectivity index (χ3n) is 2.90. The highest BCUT2D eigenvalue weighted by atomic mass is 16.5. The van der Waals surface area contributed by atoms with Gasteiger partial charge in [-0.1, -0.05) is 13.8 Å². The van der Waals surface area contributed by atoms with Crippen LogP contribution < -0.4 is 0 Å². The molecule has 0 bridgehead atoms. The lowest BCUT2D eigenvalue weighted by molar-refractivity contribution is 0.0693. The van der Waals surface area contributed by atoms with Crippen molar-refractivity contribution in [3.63, 3.8) is 0 Å². The van der Waals surface area contributed by atoms with Gasteiger partial charge in [-0.2, -0.15) is 5.10 Å². The number of methoxy groups -OCH3 is 1. The zero-order valence-electron chi connectivity index (χ0n) is 12.1. The van der Waals surface area contributed by atoms with Crippen LogP contribution in [-0.4, -0.2) is 52.6 Å². The minimum atomic E-state index is -0.931. The molecular weight excluding hydrogens is 246 g/mol. The maximum atomic E-state index is 11.2. The SMILES string of the molecule is COCCN(Cc1c(C(=O)O)cnn1C)CC(C)C. The molecule has 1 aromatic rings.